The molecule has 2 aromatic carbocycles. The first kappa shape index (κ1) is 24.4. The Bertz CT molecular complexity index is 1170. The molecule has 2 aromatic rings. The molecule has 0 bridgehead atoms. The minimum absolute atomic E-state index is 0.134. The van der Waals surface area contributed by atoms with Crippen LogP contribution in [0.1, 0.15) is 32.4 Å². The number of aliphatic imine (C=N–C) groups is 1. The van der Waals surface area contributed by atoms with Crippen molar-refractivity contribution < 1.29 is 23.8 Å². The largest absolute Gasteiger partial charge is 0.494 e. The number of nitrogens with one attached hydrogen (secondary N) is 1. The first-order valence-electron chi connectivity index (χ1n) is 11.3. The van der Waals surface area contributed by atoms with Crippen LogP contribution in [-0.2, 0) is 14.3 Å². The maximum Gasteiger partial charge on any atom is 0.338 e. The number of benzene rings is 2. The highest BCUT2D eigenvalue weighted by Crippen LogP contribution is 2.41. The third kappa shape index (κ3) is 5.68. The molecule has 0 saturated carbocycles. The van der Waals surface area contributed by atoms with E-state index in [4.69, 9.17) is 14.2 Å². The molecular weight excluding hydrogens is 466 g/mol. The van der Waals surface area contributed by atoms with Gasteiger partial charge in [-0.15, -0.1) is 0 Å². The van der Waals surface area contributed by atoms with Crippen LogP contribution in [0.15, 0.2) is 76.4 Å². The number of hydrogen-bond acceptors (Lipinski definition) is 8. The average Bonchev–Trinajstić information content (AvgIpc) is 3.32. The molecule has 1 amide bonds. The van der Waals surface area contributed by atoms with E-state index in [9.17, 15) is 9.59 Å². The van der Waals surface area contributed by atoms with Crippen molar-refractivity contribution >= 4 is 34.5 Å². The number of rotatable bonds is 9. The Morgan fingerprint density at radius 3 is 2.37 bits per heavy atom. The lowest BCUT2D eigenvalue weighted by Crippen LogP contribution is -2.34. The highest BCUT2D eigenvalue weighted by atomic mass is 32.2. The van der Waals surface area contributed by atoms with E-state index in [1.165, 1.54) is 11.8 Å². The van der Waals surface area contributed by atoms with Crippen LogP contribution in [0.2, 0.25) is 0 Å². The summed E-state index contributed by atoms with van der Waals surface area (Å²) < 4.78 is 16.4. The number of carbonyl (C=O) groups excluding carboxylic acids is 2. The second kappa shape index (κ2) is 11.1. The van der Waals surface area contributed by atoms with E-state index in [2.05, 4.69) is 10.3 Å². The number of fused-ring (bicyclic) bond motifs is 1. The smallest absolute Gasteiger partial charge is 0.338 e. The van der Waals surface area contributed by atoms with E-state index in [-0.39, 0.29) is 31.1 Å². The third-order valence-corrected chi connectivity index (χ3v) is 6.10. The Morgan fingerprint density at radius 2 is 1.69 bits per heavy atom. The molecule has 1 unspecified atom stereocenters. The molecule has 8 nitrogen and oxygen atoms in total. The lowest BCUT2D eigenvalue weighted by atomic mass is 9.95. The van der Waals surface area contributed by atoms with E-state index in [1.807, 2.05) is 42.5 Å². The maximum absolute atomic E-state index is 12.7. The molecule has 0 aliphatic carbocycles. The molecule has 0 radical (unpaired) electrons. The van der Waals surface area contributed by atoms with Gasteiger partial charge in [-0.25, -0.2) is 9.79 Å². The summed E-state index contributed by atoms with van der Waals surface area (Å²) >= 11 is 1.51. The first-order chi connectivity index (χ1) is 17.0. The van der Waals surface area contributed by atoms with Gasteiger partial charge in [0.25, 0.3) is 5.91 Å². The lowest BCUT2D eigenvalue weighted by molar-refractivity contribution is -0.139. The number of allylic oxidation sites excluding steroid dienone is 1. The second-order valence-electron chi connectivity index (χ2n) is 7.69. The molecule has 9 heteroatoms. The van der Waals surface area contributed by atoms with Gasteiger partial charge in [0, 0.05) is 11.9 Å². The zero-order valence-corrected chi connectivity index (χ0v) is 20.6. The number of amides is 1. The monoisotopic (exact) mass is 493 g/mol. The predicted molar refractivity (Wildman–Crippen MR) is 136 cm³/mol. The van der Waals surface area contributed by atoms with Gasteiger partial charge in [0.2, 0.25) is 0 Å². The van der Waals surface area contributed by atoms with Gasteiger partial charge in [-0.2, -0.15) is 0 Å². The van der Waals surface area contributed by atoms with Gasteiger partial charge >= 0.3 is 5.97 Å². The molecule has 4 rings (SSSR count). The van der Waals surface area contributed by atoms with Gasteiger partial charge in [0.05, 0.1) is 30.5 Å². The minimum atomic E-state index is -0.380. The fourth-order valence-corrected chi connectivity index (χ4v) is 4.58. The summed E-state index contributed by atoms with van der Waals surface area (Å²) in [6.45, 7) is 6.26. The summed E-state index contributed by atoms with van der Waals surface area (Å²) in [5, 5.41) is 5.55. The summed E-state index contributed by atoms with van der Waals surface area (Å²) in [5.74, 6) is 0.644. The van der Waals surface area contributed by atoms with Crippen LogP contribution < -0.4 is 14.8 Å². The minimum Gasteiger partial charge on any atom is -0.494 e. The molecule has 1 N–H and O–H groups in total. The molecule has 0 aromatic heterocycles. The average molecular weight is 494 g/mol. The van der Waals surface area contributed by atoms with Crippen molar-refractivity contribution in [3.05, 3.63) is 77.0 Å². The fourth-order valence-electron chi connectivity index (χ4n) is 3.79. The summed E-state index contributed by atoms with van der Waals surface area (Å²) in [6, 6.07) is 14.1. The van der Waals surface area contributed by atoms with Crippen molar-refractivity contribution in [3.8, 4) is 11.5 Å². The van der Waals surface area contributed by atoms with Gasteiger partial charge in [-0.3, -0.25) is 4.79 Å². The van der Waals surface area contributed by atoms with Gasteiger partial charge in [0.15, 0.2) is 11.8 Å². The van der Waals surface area contributed by atoms with Crippen LogP contribution in [-0.4, -0.2) is 41.8 Å². The van der Waals surface area contributed by atoms with Gasteiger partial charge in [-0.1, -0.05) is 23.9 Å². The Morgan fingerprint density at radius 1 is 1.00 bits per heavy atom. The highest BCUT2D eigenvalue weighted by molar-refractivity contribution is 8.16. The van der Waals surface area contributed by atoms with Crippen LogP contribution in [0.5, 0.6) is 11.5 Å². The number of carbonyl (C=O) groups is 2. The van der Waals surface area contributed by atoms with Crippen LogP contribution in [0.25, 0.3) is 0 Å². The molecule has 35 heavy (non-hydrogen) atoms. The van der Waals surface area contributed by atoms with Gasteiger partial charge in [0.1, 0.15) is 11.5 Å². The zero-order valence-electron chi connectivity index (χ0n) is 19.8. The van der Waals surface area contributed by atoms with Crippen LogP contribution in [0.3, 0.4) is 0 Å². The first-order valence-corrected chi connectivity index (χ1v) is 12.2. The second-order valence-corrected chi connectivity index (χ2v) is 8.56. The van der Waals surface area contributed by atoms with E-state index < -0.39 is 0 Å². The number of thioether (sulfide) groups is 1. The normalized spacial score (nSPS) is 16.5. The SMILES string of the molecule is CCOC(=O)C1=C(C)N=C2SC=CN2C1c1ccc(OCC(=O)Nc2ccc(OCC)cc2)cc1. The van der Waals surface area contributed by atoms with Crippen molar-refractivity contribution in [1.82, 2.24) is 4.90 Å². The van der Waals surface area contributed by atoms with E-state index in [0.717, 1.165) is 16.5 Å². The standard InChI is InChI=1S/C26H27N3O5S/c1-4-32-20-12-8-19(9-13-20)28-22(30)16-34-21-10-6-18(7-11-21)24-23(25(31)33-5-2)17(3)27-26-29(24)14-15-35-26/h6-15,24H,4-5,16H2,1-3H3,(H,28,30). The van der Waals surface area contributed by atoms with Crippen molar-refractivity contribution in [1.29, 1.82) is 0 Å². The van der Waals surface area contributed by atoms with Crippen molar-refractivity contribution in [3.63, 3.8) is 0 Å². The molecule has 0 spiro atoms. The molecule has 0 fully saturated rings. The molecular formula is C26H27N3O5S. The van der Waals surface area contributed by atoms with Crippen molar-refractivity contribution in [2.24, 2.45) is 4.99 Å². The van der Waals surface area contributed by atoms with Crippen LogP contribution in [0, 0.1) is 0 Å². The van der Waals surface area contributed by atoms with Crippen molar-refractivity contribution in [2.75, 3.05) is 25.1 Å². The van der Waals surface area contributed by atoms with Crippen molar-refractivity contribution in [2.45, 2.75) is 26.8 Å². The highest BCUT2D eigenvalue weighted by Gasteiger charge is 2.37. The molecule has 2 heterocycles. The van der Waals surface area contributed by atoms with Crippen LogP contribution in [0.4, 0.5) is 5.69 Å². The number of esters is 1. The predicted octanol–water partition coefficient (Wildman–Crippen LogP) is 4.87. The Hall–Kier alpha value is -3.72. The zero-order chi connectivity index (χ0) is 24.8. The summed E-state index contributed by atoms with van der Waals surface area (Å²) in [7, 11) is 0. The lowest BCUT2D eigenvalue weighted by Gasteiger charge is -2.33. The third-order valence-electron chi connectivity index (χ3n) is 5.33. The summed E-state index contributed by atoms with van der Waals surface area (Å²) in [4.78, 5) is 31.6. The molecule has 182 valence electrons. The molecule has 0 saturated heterocycles. The molecule has 1 atom stereocenters. The van der Waals surface area contributed by atoms with E-state index in [0.29, 0.717) is 29.3 Å². The molecule has 2 aliphatic heterocycles. The van der Waals surface area contributed by atoms with Gasteiger partial charge in [-0.05, 0) is 68.1 Å². The number of ether oxygens (including phenoxy) is 3. The van der Waals surface area contributed by atoms with E-state index in [1.54, 1.807) is 43.3 Å². The quantitative estimate of drug-likeness (QED) is 0.499. The Balaban J connectivity index is 1.42. The molecule has 2 aliphatic rings. The fraction of sp³-hybridized carbons (Fsp3) is 0.269. The Labute approximate surface area is 208 Å². The van der Waals surface area contributed by atoms with E-state index >= 15 is 0 Å². The number of anilines is 1. The number of amidine groups is 1. The van der Waals surface area contributed by atoms with Crippen LogP contribution >= 0.6 is 11.8 Å². The topological polar surface area (TPSA) is 89.5 Å². The summed E-state index contributed by atoms with van der Waals surface area (Å²) in [6.07, 6.45) is 1.91. The Kier molecular flexibility index (Phi) is 7.77. The maximum atomic E-state index is 12.7. The van der Waals surface area contributed by atoms with Gasteiger partial charge < -0.3 is 24.4 Å². The summed E-state index contributed by atoms with van der Waals surface area (Å²) in [5.41, 5.74) is 2.70. The number of hydrogen-bond donors (Lipinski definition) is 1. The number of nitrogens with zero attached hydrogens (tertiary/aromatic N) is 2.